The molecule has 0 aromatic heterocycles. The minimum atomic E-state index is -0.478. The Morgan fingerprint density at radius 1 is 0.298 bits per heavy atom. The van der Waals surface area contributed by atoms with Crippen LogP contribution in [-0.4, -0.2) is 178 Å². The van der Waals surface area contributed by atoms with Gasteiger partial charge in [0.15, 0.2) is 0 Å². The standard InChI is InChI=1S/C42H83FO14/c1-2-3-4-5-6-7-8-9-10-11-12-13-14-15-42(44)57-41-40-56-39-38-55-37-36-54-35-34-53-33-32-52-31-30-51-29-28-50-27-26-49-25-24-48-23-22-47-21-20-46-19-18-45-17-16-43/h2-41H2,1H3. The van der Waals surface area contributed by atoms with Crippen molar-refractivity contribution in [2.45, 2.75) is 96.8 Å². The number of unbranched alkanes of at least 4 members (excludes halogenated alkanes) is 12. The van der Waals surface area contributed by atoms with Gasteiger partial charge in [-0.15, -0.1) is 0 Å². The van der Waals surface area contributed by atoms with Crippen molar-refractivity contribution in [3.63, 3.8) is 0 Å². The van der Waals surface area contributed by atoms with Gasteiger partial charge in [0.25, 0.3) is 0 Å². The van der Waals surface area contributed by atoms with Gasteiger partial charge in [-0.05, 0) is 6.42 Å². The van der Waals surface area contributed by atoms with Gasteiger partial charge >= 0.3 is 5.97 Å². The highest BCUT2D eigenvalue weighted by molar-refractivity contribution is 5.69. The molecule has 0 amide bonds. The lowest BCUT2D eigenvalue weighted by molar-refractivity contribution is -0.145. The van der Waals surface area contributed by atoms with Gasteiger partial charge in [-0.2, -0.15) is 0 Å². The Kier molecular flexibility index (Phi) is 51.9. The van der Waals surface area contributed by atoms with Gasteiger partial charge in [0.2, 0.25) is 0 Å². The molecule has 0 saturated heterocycles. The smallest absolute Gasteiger partial charge is 0.305 e. The predicted octanol–water partition coefficient (Wildman–Crippen LogP) is 6.18. The molecule has 0 heterocycles. The van der Waals surface area contributed by atoms with E-state index < -0.39 is 6.67 Å². The first-order valence-electron chi connectivity index (χ1n) is 22.0. The molecule has 0 aliphatic heterocycles. The number of esters is 1. The summed E-state index contributed by atoms with van der Waals surface area (Å²) in [5.41, 5.74) is 0. The summed E-state index contributed by atoms with van der Waals surface area (Å²) in [6, 6.07) is 0. The molecule has 342 valence electrons. The molecule has 0 aromatic carbocycles. The third kappa shape index (κ3) is 52.9. The van der Waals surface area contributed by atoms with Crippen molar-refractivity contribution < 1.29 is 70.8 Å². The summed E-state index contributed by atoms with van der Waals surface area (Å²) in [6.45, 7) is 13.1. The SMILES string of the molecule is CCCCCCCCCCCCCCCC(=O)OCCOCCOCCOCCOCCOCCOCCOCCOCCOCCOCCOCCOCCF. The summed E-state index contributed by atoms with van der Waals surface area (Å²) >= 11 is 0. The van der Waals surface area contributed by atoms with Crippen molar-refractivity contribution in [3.8, 4) is 0 Å². The number of rotatable bonds is 52. The minimum Gasteiger partial charge on any atom is -0.463 e. The molecule has 57 heavy (non-hydrogen) atoms. The molecule has 0 fully saturated rings. The maximum atomic E-state index is 11.9. The quantitative estimate of drug-likeness (QED) is 0.0510. The van der Waals surface area contributed by atoms with Crippen LogP contribution < -0.4 is 0 Å². The Morgan fingerprint density at radius 2 is 0.509 bits per heavy atom. The average Bonchev–Trinajstić information content (AvgIpc) is 3.22. The molecule has 14 nitrogen and oxygen atoms in total. The third-order valence-corrected chi connectivity index (χ3v) is 8.29. The number of ether oxygens (including phenoxy) is 13. The first-order valence-corrected chi connectivity index (χ1v) is 22.0. The van der Waals surface area contributed by atoms with E-state index in [-0.39, 0.29) is 19.2 Å². The molecule has 0 N–H and O–H groups in total. The van der Waals surface area contributed by atoms with E-state index in [2.05, 4.69) is 6.92 Å². The zero-order valence-electron chi connectivity index (χ0n) is 35.9. The van der Waals surface area contributed by atoms with Crippen LogP contribution in [0.2, 0.25) is 0 Å². The number of halogens is 1. The van der Waals surface area contributed by atoms with Crippen molar-refractivity contribution >= 4 is 5.97 Å². The van der Waals surface area contributed by atoms with Crippen LogP contribution in [0.1, 0.15) is 96.8 Å². The second kappa shape index (κ2) is 52.9. The summed E-state index contributed by atoms with van der Waals surface area (Å²) in [6.07, 6.45) is 17.3. The molecule has 0 aliphatic rings. The highest BCUT2D eigenvalue weighted by Gasteiger charge is 2.03. The van der Waals surface area contributed by atoms with Crippen LogP contribution in [0.3, 0.4) is 0 Å². The zero-order chi connectivity index (χ0) is 41.1. The van der Waals surface area contributed by atoms with Crippen LogP contribution in [0.4, 0.5) is 4.39 Å². The van der Waals surface area contributed by atoms with E-state index in [4.69, 9.17) is 61.6 Å². The molecule has 0 aliphatic carbocycles. The molecular formula is C42H83FO14. The van der Waals surface area contributed by atoms with Gasteiger partial charge in [0, 0.05) is 6.42 Å². The summed E-state index contributed by atoms with van der Waals surface area (Å²) in [5.74, 6) is -0.136. The van der Waals surface area contributed by atoms with E-state index >= 15 is 0 Å². The Balaban J connectivity index is 3.12. The summed E-state index contributed by atoms with van der Waals surface area (Å²) in [4.78, 5) is 11.9. The fourth-order valence-electron chi connectivity index (χ4n) is 5.15. The lowest BCUT2D eigenvalue weighted by atomic mass is 10.0. The third-order valence-electron chi connectivity index (χ3n) is 8.29. The number of carbonyl (C=O) groups is 1. The van der Waals surface area contributed by atoms with Crippen molar-refractivity contribution in [3.05, 3.63) is 0 Å². The molecule has 0 radical (unpaired) electrons. The van der Waals surface area contributed by atoms with Gasteiger partial charge < -0.3 is 61.6 Å². The Hall–Kier alpha value is -1.08. The molecule has 15 heteroatoms. The second-order valence-corrected chi connectivity index (χ2v) is 13.3. The molecule has 0 unspecified atom stereocenters. The summed E-state index contributed by atoms with van der Waals surface area (Å²) in [7, 11) is 0. The number of hydrogen-bond acceptors (Lipinski definition) is 14. The van der Waals surface area contributed by atoms with Crippen LogP contribution in [0.15, 0.2) is 0 Å². The predicted molar refractivity (Wildman–Crippen MR) is 217 cm³/mol. The van der Waals surface area contributed by atoms with Crippen molar-refractivity contribution in [2.75, 3.05) is 172 Å². The number of hydrogen-bond donors (Lipinski definition) is 0. The van der Waals surface area contributed by atoms with Gasteiger partial charge in [-0.3, -0.25) is 4.79 Å². The molecule has 0 bridgehead atoms. The Labute approximate surface area is 345 Å². The van der Waals surface area contributed by atoms with E-state index in [1.807, 2.05) is 0 Å². The minimum absolute atomic E-state index is 0.110. The molecule has 0 saturated carbocycles. The fourth-order valence-corrected chi connectivity index (χ4v) is 5.15. The lowest BCUT2D eigenvalue weighted by Gasteiger charge is -2.09. The number of alkyl halides is 1. The van der Waals surface area contributed by atoms with Gasteiger partial charge in [0.05, 0.1) is 159 Å². The first-order chi connectivity index (χ1) is 28.3. The van der Waals surface area contributed by atoms with E-state index in [9.17, 15) is 9.18 Å². The molecule has 0 rings (SSSR count). The van der Waals surface area contributed by atoms with Crippen LogP contribution in [0, 0.1) is 0 Å². The van der Waals surface area contributed by atoms with Gasteiger partial charge in [-0.25, -0.2) is 4.39 Å². The Bertz CT molecular complexity index is 743. The normalized spacial score (nSPS) is 11.5. The summed E-state index contributed by atoms with van der Waals surface area (Å²) < 4.78 is 82.1. The molecular weight excluding hydrogens is 747 g/mol. The van der Waals surface area contributed by atoms with Gasteiger partial charge in [0.1, 0.15) is 13.3 Å². The maximum Gasteiger partial charge on any atom is 0.305 e. The largest absolute Gasteiger partial charge is 0.463 e. The topological polar surface area (TPSA) is 137 Å². The number of carbonyl (C=O) groups excluding carboxylic acids is 1. The van der Waals surface area contributed by atoms with Crippen LogP contribution in [-0.2, 0) is 66.4 Å². The van der Waals surface area contributed by atoms with Crippen LogP contribution >= 0.6 is 0 Å². The maximum absolute atomic E-state index is 11.9. The van der Waals surface area contributed by atoms with Crippen molar-refractivity contribution in [1.29, 1.82) is 0 Å². The Morgan fingerprint density at radius 3 is 0.754 bits per heavy atom. The highest BCUT2D eigenvalue weighted by atomic mass is 19.1. The van der Waals surface area contributed by atoms with E-state index in [0.29, 0.717) is 158 Å². The van der Waals surface area contributed by atoms with E-state index in [1.54, 1.807) is 0 Å². The average molecular weight is 831 g/mol. The monoisotopic (exact) mass is 831 g/mol. The van der Waals surface area contributed by atoms with Crippen molar-refractivity contribution in [1.82, 2.24) is 0 Å². The highest BCUT2D eigenvalue weighted by Crippen LogP contribution is 2.13. The van der Waals surface area contributed by atoms with Crippen molar-refractivity contribution in [2.24, 2.45) is 0 Å². The van der Waals surface area contributed by atoms with Crippen LogP contribution in [0.5, 0.6) is 0 Å². The van der Waals surface area contributed by atoms with E-state index in [0.717, 1.165) is 12.8 Å². The molecule has 0 aromatic rings. The van der Waals surface area contributed by atoms with E-state index in [1.165, 1.54) is 70.6 Å². The fraction of sp³-hybridized carbons (Fsp3) is 0.976. The second-order valence-electron chi connectivity index (χ2n) is 13.3. The first kappa shape index (κ1) is 55.9. The van der Waals surface area contributed by atoms with Crippen LogP contribution in [0.25, 0.3) is 0 Å². The molecule has 0 spiro atoms. The summed E-state index contributed by atoms with van der Waals surface area (Å²) in [5, 5.41) is 0. The lowest BCUT2D eigenvalue weighted by Crippen LogP contribution is -2.15. The zero-order valence-corrected chi connectivity index (χ0v) is 35.9. The molecule has 0 atom stereocenters. The van der Waals surface area contributed by atoms with Gasteiger partial charge in [-0.1, -0.05) is 84.0 Å².